The molecule has 1 aliphatic heterocycles. The van der Waals surface area contributed by atoms with Crippen LogP contribution in [-0.2, 0) is 9.59 Å². The molecule has 0 bridgehead atoms. The zero-order valence-electron chi connectivity index (χ0n) is 15.6. The second-order valence-electron chi connectivity index (χ2n) is 6.97. The largest absolute Gasteiger partial charge is 0.481 e. The average Bonchev–Trinajstić information content (AvgIpc) is 2.59. The molecular weight excluding hydrogens is 303 g/mol. The normalized spacial score (nSPS) is 21.2. The van der Waals surface area contributed by atoms with Crippen molar-refractivity contribution in [2.24, 2.45) is 5.92 Å². The lowest BCUT2D eigenvalue weighted by atomic mass is 9.63. The highest BCUT2D eigenvalue weighted by molar-refractivity contribution is 6.26. The number of nitrogens with zero attached hydrogens (tertiary/aromatic N) is 2. The Morgan fingerprint density at radius 2 is 1.92 bits per heavy atom. The van der Waals surface area contributed by atoms with Gasteiger partial charge in [0.25, 0.3) is 0 Å². The molecule has 1 N–H and O–H groups in total. The number of carboxylic acids is 1. The quantitative estimate of drug-likeness (QED) is 0.623. The van der Waals surface area contributed by atoms with Gasteiger partial charge in [-0.1, -0.05) is 19.8 Å². The predicted octanol–water partition coefficient (Wildman–Crippen LogP) is 2.56. The Hall–Kier alpha value is -1.04. The van der Waals surface area contributed by atoms with Crippen LogP contribution in [0.25, 0.3) is 0 Å². The molecule has 0 saturated carbocycles. The second kappa shape index (κ2) is 10.1. The number of carbonyl (C=O) groups is 2. The average molecular weight is 336 g/mol. The van der Waals surface area contributed by atoms with E-state index >= 15 is 0 Å². The summed E-state index contributed by atoms with van der Waals surface area (Å²) >= 11 is 0. The molecule has 0 aliphatic carbocycles. The van der Waals surface area contributed by atoms with Crippen LogP contribution in [0, 0.1) is 5.92 Å². The van der Waals surface area contributed by atoms with Gasteiger partial charge in [-0.25, -0.2) is 0 Å². The molecule has 2 radical (unpaired) electrons. The van der Waals surface area contributed by atoms with Crippen LogP contribution in [0.2, 0.25) is 5.31 Å². The zero-order valence-corrected chi connectivity index (χ0v) is 15.6. The monoisotopic (exact) mass is 336 g/mol. The molecule has 1 fully saturated rings. The molecule has 0 aromatic carbocycles. The van der Waals surface area contributed by atoms with Gasteiger partial charge in [0.15, 0.2) is 0 Å². The standard InChI is InChI=1S/C18H33BN2O3/c1-4-7-10-18(19,17(23)24)11-13-20-12-8-9-15(14-20)16(22)21(5-2)6-3/h15H,4-14H2,1-3H3,(H,23,24). The number of piperidine rings is 1. The van der Waals surface area contributed by atoms with Gasteiger partial charge in [0, 0.05) is 24.9 Å². The molecule has 0 aromatic heterocycles. The van der Waals surface area contributed by atoms with Crippen molar-refractivity contribution < 1.29 is 14.7 Å². The number of carboxylic acid groups (broad SMARTS) is 1. The molecule has 1 rings (SSSR count). The van der Waals surface area contributed by atoms with Crippen molar-refractivity contribution in [2.45, 2.75) is 64.6 Å². The minimum atomic E-state index is -1.15. The summed E-state index contributed by atoms with van der Waals surface area (Å²) in [7, 11) is 6.13. The van der Waals surface area contributed by atoms with Crippen LogP contribution in [0.15, 0.2) is 0 Å². The molecule has 2 atom stereocenters. The smallest absolute Gasteiger partial charge is 0.300 e. The fraction of sp³-hybridized carbons (Fsp3) is 0.889. The Balaban J connectivity index is 2.58. The first kappa shape index (κ1) is 21.0. The maximum Gasteiger partial charge on any atom is 0.300 e. The highest BCUT2D eigenvalue weighted by Gasteiger charge is 2.34. The van der Waals surface area contributed by atoms with Crippen molar-refractivity contribution in [1.29, 1.82) is 0 Å². The molecular formula is C18H33BN2O3. The van der Waals surface area contributed by atoms with Crippen LogP contribution >= 0.6 is 0 Å². The molecule has 24 heavy (non-hydrogen) atoms. The first-order chi connectivity index (χ1) is 11.4. The fourth-order valence-corrected chi connectivity index (χ4v) is 3.44. The number of hydrogen-bond acceptors (Lipinski definition) is 3. The Kier molecular flexibility index (Phi) is 8.81. The third-order valence-corrected chi connectivity index (χ3v) is 5.21. The molecule has 1 amide bonds. The van der Waals surface area contributed by atoms with E-state index in [0.717, 1.165) is 51.9 Å². The molecule has 6 heteroatoms. The highest BCUT2D eigenvalue weighted by Crippen LogP contribution is 2.34. The van der Waals surface area contributed by atoms with E-state index in [1.165, 1.54) is 0 Å². The van der Waals surface area contributed by atoms with E-state index in [1.54, 1.807) is 0 Å². The van der Waals surface area contributed by atoms with E-state index in [2.05, 4.69) is 4.90 Å². The summed E-state index contributed by atoms with van der Waals surface area (Å²) in [5.74, 6) is -0.650. The van der Waals surface area contributed by atoms with E-state index in [1.807, 2.05) is 25.7 Å². The van der Waals surface area contributed by atoms with Gasteiger partial charge in [0.05, 0.1) is 13.8 Å². The summed E-state index contributed by atoms with van der Waals surface area (Å²) < 4.78 is 0. The van der Waals surface area contributed by atoms with Crippen LogP contribution < -0.4 is 0 Å². The molecule has 0 spiro atoms. The lowest BCUT2D eigenvalue weighted by molar-refractivity contribution is -0.142. The van der Waals surface area contributed by atoms with Gasteiger partial charge in [0.2, 0.25) is 5.91 Å². The molecule has 5 nitrogen and oxygen atoms in total. The highest BCUT2D eigenvalue weighted by atomic mass is 16.4. The van der Waals surface area contributed by atoms with E-state index in [0.29, 0.717) is 19.4 Å². The SMILES string of the molecule is [B]C(CCCC)(CCN1CCCC(C(=O)N(CC)CC)C1)C(=O)O. The molecule has 1 aliphatic rings. The summed E-state index contributed by atoms with van der Waals surface area (Å²) in [4.78, 5) is 28.2. The summed E-state index contributed by atoms with van der Waals surface area (Å²) in [5.41, 5.74) is 0. The van der Waals surface area contributed by atoms with Crippen LogP contribution in [0.1, 0.15) is 59.3 Å². The molecule has 136 valence electrons. The van der Waals surface area contributed by atoms with Crippen LogP contribution in [0.5, 0.6) is 0 Å². The maximum atomic E-state index is 12.5. The van der Waals surface area contributed by atoms with Gasteiger partial charge in [-0.3, -0.25) is 9.59 Å². The topological polar surface area (TPSA) is 60.9 Å². The van der Waals surface area contributed by atoms with Gasteiger partial charge >= 0.3 is 5.97 Å². The van der Waals surface area contributed by atoms with Gasteiger partial charge in [-0.2, -0.15) is 0 Å². The molecule has 1 heterocycles. The lowest BCUT2D eigenvalue weighted by Gasteiger charge is -2.36. The number of likely N-dealkylation sites (tertiary alicyclic amines) is 1. The number of rotatable bonds is 10. The Morgan fingerprint density at radius 1 is 1.25 bits per heavy atom. The fourth-order valence-electron chi connectivity index (χ4n) is 3.44. The Bertz CT molecular complexity index is 415. The van der Waals surface area contributed by atoms with Gasteiger partial charge < -0.3 is 14.9 Å². The third kappa shape index (κ3) is 5.80. The van der Waals surface area contributed by atoms with Crippen molar-refractivity contribution in [2.75, 3.05) is 32.7 Å². The molecule has 1 saturated heterocycles. The number of unbranched alkanes of at least 4 members (excludes halogenated alkanes) is 1. The Labute approximate surface area is 148 Å². The zero-order chi connectivity index (χ0) is 18.2. The first-order valence-corrected chi connectivity index (χ1v) is 9.41. The minimum absolute atomic E-state index is 0.0336. The van der Waals surface area contributed by atoms with Crippen molar-refractivity contribution in [1.82, 2.24) is 9.80 Å². The summed E-state index contributed by atoms with van der Waals surface area (Å²) in [6, 6.07) is 0. The lowest BCUT2D eigenvalue weighted by Crippen LogP contribution is -2.45. The van der Waals surface area contributed by atoms with Gasteiger partial charge in [-0.05, 0) is 52.6 Å². The van der Waals surface area contributed by atoms with Crippen molar-refractivity contribution in [3.05, 3.63) is 0 Å². The maximum absolute atomic E-state index is 12.5. The predicted molar refractivity (Wildman–Crippen MR) is 97.3 cm³/mol. The van der Waals surface area contributed by atoms with Crippen molar-refractivity contribution >= 4 is 19.7 Å². The Morgan fingerprint density at radius 3 is 2.46 bits per heavy atom. The van der Waals surface area contributed by atoms with E-state index in [-0.39, 0.29) is 11.8 Å². The van der Waals surface area contributed by atoms with Crippen molar-refractivity contribution in [3.63, 3.8) is 0 Å². The van der Waals surface area contributed by atoms with Crippen molar-refractivity contribution in [3.8, 4) is 0 Å². The third-order valence-electron chi connectivity index (χ3n) is 5.21. The van der Waals surface area contributed by atoms with E-state index in [9.17, 15) is 14.7 Å². The summed E-state index contributed by atoms with van der Waals surface area (Å²) in [6.45, 7) is 9.83. The number of amides is 1. The molecule has 0 aromatic rings. The number of aliphatic carboxylic acids is 1. The van der Waals surface area contributed by atoms with Crippen LogP contribution in [0.3, 0.4) is 0 Å². The second-order valence-corrected chi connectivity index (χ2v) is 6.97. The van der Waals surface area contributed by atoms with Crippen LogP contribution in [-0.4, -0.2) is 67.4 Å². The van der Waals surface area contributed by atoms with Gasteiger partial charge in [-0.15, -0.1) is 0 Å². The van der Waals surface area contributed by atoms with Gasteiger partial charge in [0.1, 0.15) is 0 Å². The number of hydrogen-bond donors (Lipinski definition) is 1. The van der Waals surface area contributed by atoms with Crippen LogP contribution in [0.4, 0.5) is 0 Å². The summed E-state index contributed by atoms with van der Waals surface area (Å²) in [5, 5.41) is 8.31. The summed E-state index contributed by atoms with van der Waals surface area (Å²) in [6.07, 6.45) is 4.62. The van der Waals surface area contributed by atoms with E-state index in [4.69, 9.17) is 7.85 Å². The molecule has 2 unspecified atom stereocenters. The minimum Gasteiger partial charge on any atom is -0.481 e. The van der Waals surface area contributed by atoms with E-state index < -0.39 is 11.3 Å². The number of carbonyl (C=O) groups excluding carboxylic acids is 1. The first-order valence-electron chi connectivity index (χ1n) is 9.41.